The van der Waals surface area contributed by atoms with Crippen molar-refractivity contribution in [1.82, 2.24) is 10.2 Å². The number of carboxylic acids is 1. The van der Waals surface area contributed by atoms with E-state index in [0.29, 0.717) is 6.54 Å². The molecule has 6 heteroatoms. The summed E-state index contributed by atoms with van der Waals surface area (Å²) >= 11 is 0. The fourth-order valence-corrected chi connectivity index (χ4v) is 2.37. The molecule has 2 fully saturated rings. The molecule has 2 rings (SSSR count). The monoisotopic (exact) mass is 256 g/mol. The van der Waals surface area contributed by atoms with Crippen LogP contribution in [0.15, 0.2) is 0 Å². The molecule has 0 spiro atoms. The Kier molecular flexibility index (Phi) is 4.06. The van der Waals surface area contributed by atoms with E-state index >= 15 is 0 Å². The second kappa shape index (κ2) is 5.56. The molecule has 6 nitrogen and oxygen atoms in total. The van der Waals surface area contributed by atoms with Crippen LogP contribution in [0.5, 0.6) is 0 Å². The fraction of sp³-hybridized carbons (Fsp3) is 0.833. The SMILES string of the molecule is O=C(O)[C@@H]1CC(O)CN1C(=O)NCCCC1CC1. The first-order valence-electron chi connectivity index (χ1n) is 6.53. The van der Waals surface area contributed by atoms with E-state index in [1.165, 1.54) is 17.7 Å². The number of likely N-dealkylation sites (tertiary alicyclic amines) is 1. The second-order valence-electron chi connectivity index (χ2n) is 5.21. The molecule has 2 atom stereocenters. The summed E-state index contributed by atoms with van der Waals surface area (Å²) in [5, 5.41) is 21.1. The Labute approximate surface area is 106 Å². The highest BCUT2D eigenvalue weighted by atomic mass is 16.4. The predicted molar refractivity (Wildman–Crippen MR) is 64.1 cm³/mol. The molecule has 1 unspecified atom stereocenters. The van der Waals surface area contributed by atoms with Gasteiger partial charge in [0.25, 0.3) is 0 Å². The first kappa shape index (κ1) is 13.1. The molecular formula is C12H20N2O4. The summed E-state index contributed by atoms with van der Waals surface area (Å²) in [6.45, 7) is 0.680. The zero-order valence-electron chi connectivity index (χ0n) is 10.3. The van der Waals surface area contributed by atoms with Crippen molar-refractivity contribution in [1.29, 1.82) is 0 Å². The van der Waals surface area contributed by atoms with Gasteiger partial charge in [0.2, 0.25) is 0 Å². The molecule has 1 saturated heterocycles. The largest absolute Gasteiger partial charge is 0.480 e. The highest BCUT2D eigenvalue weighted by molar-refractivity contribution is 5.83. The van der Waals surface area contributed by atoms with Crippen molar-refractivity contribution in [2.24, 2.45) is 5.92 Å². The van der Waals surface area contributed by atoms with Crippen LogP contribution in [0, 0.1) is 5.92 Å². The number of urea groups is 1. The van der Waals surface area contributed by atoms with E-state index in [1.807, 2.05) is 0 Å². The number of nitrogens with zero attached hydrogens (tertiary/aromatic N) is 1. The number of hydrogen-bond acceptors (Lipinski definition) is 3. The van der Waals surface area contributed by atoms with Gasteiger partial charge in [-0.15, -0.1) is 0 Å². The van der Waals surface area contributed by atoms with Gasteiger partial charge < -0.3 is 20.4 Å². The topological polar surface area (TPSA) is 89.9 Å². The smallest absolute Gasteiger partial charge is 0.326 e. The van der Waals surface area contributed by atoms with E-state index in [9.17, 15) is 14.7 Å². The van der Waals surface area contributed by atoms with Crippen LogP contribution < -0.4 is 5.32 Å². The lowest BCUT2D eigenvalue weighted by atomic mass is 10.2. The van der Waals surface area contributed by atoms with Gasteiger partial charge in [-0.1, -0.05) is 12.8 Å². The number of β-amino-alcohol motifs (C(OH)–C–C–N with tert-alkyl or cyclic N) is 1. The Balaban J connectivity index is 1.73. The minimum atomic E-state index is -1.06. The number of aliphatic hydroxyl groups is 1. The van der Waals surface area contributed by atoms with Crippen LogP contribution in [-0.4, -0.2) is 52.3 Å². The Morgan fingerprint density at radius 1 is 1.33 bits per heavy atom. The van der Waals surface area contributed by atoms with Crippen molar-refractivity contribution in [3.05, 3.63) is 0 Å². The number of aliphatic carboxylic acids is 1. The summed E-state index contributed by atoms with van der Waals surface area (Å²) in [7, 11) is 0. The summed E-state index contributed by atoms with van der Waals surface area (Å²) in [4.78, 5) is 24.0. The molecule has 0 bridgehead atoms. The van der Waals surface area contributed by atoms with Crippen molar-refractivity contribution >= 4 is 12.0 Å². The molecule has 1 aliphatic heterocycles. The minimum absolute atomic E-state index is 0.103. The van der Waals surface area contributed by atoms with Crippen molar-refractivity contribution in [2.45, 2.75) is 44.2 Å². The van der Waals surface area contributed by atoms with Gasteiger partial charge in [0.1, 0.15) is 6.04 Å². The number of aliphatic hydroxyl groups excluding tert-OH is 1. The highest BCUT2D eigenvalue weighted by Crippen LogP contribution is 2.33. The normalized spacial score (nSPS) is 27.3. The highest BCUT2D eigenvalue weighted by Gasteiger charge is 2.38. The summed E-state index contributed by atoms with van der Waals surface area (Å²) in [6.07, 6.45) is 4.05. The molecule has 0 radical (unpaired) electrons. The van der Waals surface area contributed by atoms with E-state index in [0.717, 1.165) is 18.8 Å². The van der Waals surface area contributed by atoms with E-state index in [4.69, 9.17) is 5.11 Å². The Bertz CT molecular complexity index is 330. The number of nitrogens with one attached hydrogen (secondary N) is 1. The molecule has 1 aliphatic carbocycles. The Morgan fingerprint density at radius 3 is 2.67 bits per heavy atom. The van der Waals surface area contributed by atoms with Crippen molar-refractivity contribution in [3.63, 3.8) is 0 Å². The molecule has 2 amide bonds. The quantitative estimate of drug-likeness (QED) is 0.621. The van der Waals surface area contributed by atoms with Gasteiger partial charge >= 0.3 is 12.0 Å². The standard InChI is InChI=1S/C12H20N2O4/c15-9-6-10(11(16)17)14(7-9)12(18)13-5-1-2-8-3-4-8/h8-10,15H,1-7H2,(H,13,18)(H,16,17)/t9?,10-/m0/s1. The predicted octanol–water partition coefficient (Wildman–Crippen LogP) is 0.406. The number of hydrogen-bond donors (Lipinski definition) is 3. The van der Waals surface area contributed by atoms with Crippen LogP contribution in [-0.2, 0) is 4.79 Å². The number of carbonyl (C=O) groups is 2. The maximum Gasteiger partial charge on any atom is 0.326 e. The molecule has 3 N–H and O–H groups in total. The summed E-state index contributed by atoms with van der Waals surface area (Å²) in [5.74, 6) is -0.220. The van der Waals surface area contributed by atoms with Gasteiger partial charge in [0.15, 0.2) is 0 Å². The first-order valence-corrected chi connectivity index (χ1v) is 6.53. The molecule has 0 aromatic carbocycles. The second-order valence-corrected chi connectivity index (χ2v) is 5.21. The zero-order valence-corrected chi connectivity index (χ0v) is 10.3. The Morgan fingerprint density at radius 2 is 2.06 bits per heavy atom. The summed E-state index contributed by atoms with van der Waals surface area (Å²) in [5.41, 5.74) is 0. The number of carboxylic acid groups (broad SMARTS) is 1. The van der Waals surface area contributed by atoms with Crippen molar-refractivity contribution in [3.8, 4) is 0 Å². The number of carbonyl (C=O) groups excluding carboxylic acids is 1. The van der Waals surface area contributed by atoms with Crippen LogP contribution >= 0.6 is 0 Å². The zero-order chi connectivity index (χ0) is 13.1. The van der Waals surface area contributed by atoms with Gasteiger partial charge in [-0.2, -0.15) is 0 Å². The molecule has 2 aliphatic rings. The van der Waals surface area contributed by atoms with Gasteiger partial charge in [0.05, 0.1) is 6.10 Å². The molecule has 102 valence electrons. The molecule has 1 heterocycles. The van der Waals surface area contributed by atoms with Gasteiger partial charge in [-0.05, 0) is 18.8 Å². The van der Waals surface area contributed by atoms with Crippen LogP contribution in [0.1, 0.15) is 32.1 Å². The maximum atomic E-state index is 11.8. The molecule has 18 heavy (non-hydrogen) atoms. The molecule has 0 aromatic heterocycles. The van der Waals surface area contributed by atoms with Crippen LogP contribution in [0.3, 0.4) is 0 Å². The third-order valence-electron chi connectivity index (χ3n) is 3.59. The van der Waals surface area contributed by atoms with E-state index in [2.05, 4.69) is 5.32 Å². The van der Waals surface area contributed by atoms with E-state index < -0.39 is 18.1 Å². The summed E-state index contributed by atoms with van der Waals surface area (Å²) < 4.78 is 0. The van der Waals surface area contributed by atoms with E-state index in [-0.39, 0.29) is 19.0 Å². The lowest BCUT2D eigenvalue weighted by Gasteiger charge is -2.21. The number of rotatable bonds is 5. The minimum Gasteiger partial charge on any atom is -0.480 e. The lowest BCUT2D eigenvalue weighted by Crippen LogP contribution is -2.46. The van der Waals surface area contributed by atoms with Crippen LogP contribution in [0.4, 0.5) is 4.79 Å². The third-order valence-corrected chi connectivity index (χ3v) is 3.59. The molecule has 0 aromatic rings. The van der Waals surface area contributed by atoms with Crippen LogP contribution in [0.25, 0.3) is 0 Å². The summed E-state index contributed by atoms with van der Waals surface area (Å²) in [6, 6.07) is -1.28. The first-order chi connectivity index (χ1) is 8.58. The molecular weight excluding hydrogens is 236 g/mol. The molecule has 1 saturated carbocycles. The van der Waals surface area contributed by atoms with Gasteiger partial charge in [0, 0.05) is 19.5 Å². The average molecular weight is 256 g/mol. The Hall–Kier alpha value is -1.30. The van der Waals surface area contributed by atoms with Gasteiger partial charge in [-0.3, -0.25) is 0 Å². The van der Waals surface area contributed by atoms with Crippen molar-refractivity contribution in [2.75, 3.05) is 13.1 Å². The van der Waals surface area contributed by atoms with E-state index in [1.54, 1.807) is 0 Å². The lowest BCUT2D eigenvalue weighted by molar-refractivity contribution is -0.141. The maximum absolute atomic E-state index is 11.8. The van der Waals surface area contributed by atoms with Gasteiger partial charge in [-0.25, -0.2) is 9.59 Å². The number of amides is 2. The van der Waals surface area contributed by atoms with Crippen LogP contribution in [0.2, 0.25) is 0 Å². The van der Waals surface area contributed by atoms with Crippen molar-refractivity contribution < 1.29 is 19.8 Å². The average Bonchev–Trinajstić information content (AvgIpc) is 3.05. The fourth-order valence-electron chi connectivity index (χ4n) is 2.37. The third kappa shape index (κ3) is 3.35.